The molecule has 1 saturated carbocycles. The summed E-state index contributed by atoms with van der Waals surface area (Å²) in [6.07, 6.45) is 7.29. The van der Waals surface area contributed by atoms with Crippen molar-refractivity contribution in [3.63, 3.8) is 0 Å². The van der Waals surface area contributed by atoms with Crippen LogP contribution in [-0.2, 0) is 13.5 Å². The number of hydrogen-bond acceptors (Lipinski definition) is 2. The summed E-state index contributed by atoms with van der Waals surface area (Å²) in [4.78, 5) is 0. The van der Waals surface area contributed by atoms with Crippen molar-refractivity contribution in [2.45, 2.75) is 38.6 Å². The number of aryl methyl sites for hydroxylation is 1. The molecule has 1 aliphatic carbocycles. The molecule has 0 amide bonds. The van der Waals surface area contributed by atoms with E-state index in [1.54, 1.807) is 0 Å². The Morgan fingerprint density at radius 2 is 2.40 bits per heavy atom. The quantitative estimate of drug-likeness (QED) is 0.770. The van der Waals surface area contributed by atoms with Gasteiger partial charge < -0.3 is 5.32 Å². The monoisotopic (exact) mass is 207 g/mol. The van der Waals surface area contributed by atoms with Gasteiger partial charge in [0.25, 0.3) is 0 Å². The molecular weight excluding hydrogens is 186 g/mol. The SMILES string of the molecule is CC(CC1CC1)NCCc1ccn(C)n1. The Bertz CT molecular complexity index is 302. The first-order valence-corrected chi connectivity index (χ1v) is 5.96. The zero-order chi connectivity index (χ0) is 10.7. The molecule has 3 nitrogen and oxygen atoms in total. The first-order chi connectivity index (χ1) is 7.24. The molecule has 0 radical (unpaired) electrons. The lowest BCUT2D eigenvalue weighted by Crippen LogP contribution is -2.28. The Kier molecular flexibility index (Phi) is 3.41. The molecule has 1 aromatic rings. The lowest BCUT2D eigenvalue weighted by atomic mass is 10.1. The lowest BCUT2D eigenvalue weighted by Gasteiger charge is -2.12. The van der Waals surface area contributed by atoms with E-state index in [1.807, 2.05) is 17.9 Å². The minimum absolute atomic E-state index is 0.668. The molecule has 0 spiro atoms. The van der Waals surface area contributed by atoms with Gasteiger partial charge in [-0.05, 0) is 25.3 Å². The summed E-state index contributed by atoms with van der Waals surface area (Å²) in [5.41, 5.74) is 1.18. The van der Waals surface area contributed by atoms with Gasteiger partial charge in [-0.25, -0.2) is 0 Å². The average molecular weight is 207 g/mol. The van der Waals surface area contributed by atoms with Gasteiger partial charge in [-0.3, -0.25) is 4.68 Å². The maximum atomic E-state index is 4.36. The molecule has 1 atom stereocenters. The molecule has 0 bridgehead atoms. The van der Waals surface area contributed by atoms with E-state index in [0.29, 0.717) is 6.04 Å². The maximum absolute atomic E-state index is 4.36. The fraction of sp³-hybridized carbons (Fsp3) is 0.750. The largest absolute Gasteiger partial charge is 0.314 e. The normalized spacial score (nSPS) is 18.0. The predicted octanol–water partition coefficient (Wildman–Crippen LogP) is 1.74. The summed E-state index contributed by atoms with van der Waals surface area (Å²) >= 11 is 0. The van der Waals surface area contributed by atoms with Gasteiger partial charge in [-0.2, -0.15) is 5.10 Å². The van der Waals surface area contributed by atoms with E-state index in [9.17, 15) is 0 Å². The van der Waals surface area contributed by atoms with Crippen molar-refractivity contribution in [1.82, 2.24) is 15.1 Å². The van der Waals surface area contributed by atoms with Crippen LogP contribution in [0.4, 0.5) is 0 Å². The second kappa shape index (κ2) is 4.79. The van der Waals surface area contributed by atoms with Crippen LogP contribution in [0.5, 0.6) is 0 Å². The highest BCUT2D eigenvalue weighted by Gasteiger charge is 2.23. The summed E-state index contributed by atoms with van der Waals surface area (Å²) in [5, 5.41) is 7.92. The molecule has 1 N–H and O–H groups in total. The zero-order valence-electron chi connectivity index (χ0n) is 9.74. The molecule has 1 unspecified atom stereocenters. The smallest absolute Gasteiger partial charge is 0.0637 e. The van der Waals surface area contributed by atoms with Crippen LogP contribution in [0.1, 0.15) is 31.9 Å². The van der Waals surface area contributed by atoms with E-state index in [4.69, 9.17) is 0 Å². The van der Waals surface area contributed by atoms with Crippen LogP contribution in [0.3, 0.4) is 0 Å². The van der Waals surface area contributed by atoms with Crippen LogP contribution in [-0.4, -0.2) is 22.4 Å². The molecule has 1 fully saturated rings. The summed E-state index contributed by atoms with van der Waals surface area (Å²) in [6, 6.07) is 2.76. The van der Waals surface area contributed by atoms with Crippen LogP contribution in [0, 0.1) is 5.92 Å². The van der Waals surface area contributed by atoms with Gasteiger partial charge in [-0.15, -0.1) is 0 Å². The highest BCUT2D eigenvalue weighted by molar-refractivity contribution is 4.99. The van der Waals surface area contributed by atoms with Gasteiger partial charge in [0.05, 0.1) is 5.69 Å². The van der Waals surface area contributed by atoms with Crippen molar-refractivity contribution >= 4 is 0 Å². The lowest BCUT2D eigenvalue weighted by molar-refractivity contribution is 0.489. The van der Waals surface area contributed by atoms with Crippen LogP contribution in [0.15, 0.2) is 12.3 Å². The summed E-state index contributed by atoms with van der Waals surface area (Å²) < 4.78 is 1.86. The van der Waals surface area contributed by atoms with Gasteiger partial charge in [-0.1, -0.05) is 12.8 Å². The zero-order valence-corrected chi connectivity index (χ0v) is 9.74. The second-order valence-corrected chi connectivity index (χ2v) is 4.76. The maximum Gasteiger partial charge on any atom is 0.0637 e. The van der Waals surface area contributed by atoms with Crippen LogP contribution < -0.4 is 5.32 Å². The van der Waals surface area contributed by atoms with E-state index < -0.39 is 0 Å². The van der Waals surface area contributed by atoms with Crippen molar-refractivity contribution in [3.8, 4) is 0 Å². The second-order valence-electron chi connectivity index (χ2n) is 4.76. The molecule has 0 aliphatic heterocycles. The van der Waals surface area contributed by atoms with Crippen molar-refractivity contribution in [1.29, 1.82) is 0 Å². The number of hydrogen-bond donors (Lipinski definition) is 1. The molecular formula is C12H21N3. The topological polar surface area (TPSA) is 29.9 Å². The van der Waals surface area contributed by atoms with Gasteiger partial charge >= 0.3 is 0 Å². The average Bonchev–Trinajstić information content (AvgIpc) is 2.89. The summed E-state index contributed by atoms with van der Waals surface area (Å²) in [6.45, 7) is 3.33. The summed E-state index contributed by atoms with van der Waals surface area (Å²) in [5.74, 6) is 1.02. The minimum Gasteiger partial charge on any atom is -0.314 e. The van der Waals surface area contributed by atoms with Gasteiger partial charge in [0.2, 0.25) is 0 Å². The van der Waals surface area contributed by atoms with E-state index in [1.165, 1.54) is 25.0 Å². The van der Waals surface area contributed by atoms with E-state index in [-0.39, 0.29) is 0 Å². The van der Waals surface area contributed by atoms with Crippen LogP contribution >= 0.6 is 0 Å². The molecule has 0 saturated heterocycles. The highest BCUT2D eigenvalue weighted by Crippen LogP contribution is 2.33. The minimum atomic E-state index is 0.668. The molecule has 0 aromatic carbocycles. The molecule has 3 heteroatoms. The molecule has 1 aromatic heterocycles. The van der Waals surface area contributed by atoms with E-state index in [2.05, 4.69) is 23.4 Å². The molecule has 1 heterocycles. The Labute approximate surface area is 91.9 Å². The van der Waals surface area contributed by atoms with Crippen molar-refractivity contribution in [2.75, 3.05) is 6.54 Å². The Balaban J connectivity index is 1.61. The standard InChI is InChI=1S/C12H21N3/c1-10(9-11-3-4-11)13-7-5-12-6-8-15(2)14-12/h6,8,10-11,13H,3-5,7,9H2,1-2H3. The first kappa shape index (κ1) is 10.7. The number of nitrogens with zero attached hydrogens (tertiary/aromatic N) is 2. The fourth-order valence-electron chi connectivity index (χ4n) is 1.98. The van der Waals surface area contributed by atoms with E-state index in [0.717, 1.165) is 18.9 Å². The third kappa shape index (κ3) is 3.67. The number of rotatable bonds is 6. The number of nitrogens with one attached hydrogen (secondary N) is 1. The number of aromatic nitrogens is 2. The molecule has 15 heavy (non-hydrogen) atoms. The van der Waals surface area contributed by atoms with Gasteiger partial charge in [0.1, 0.15) is 0 Å². The Hall–Kier alpha value is -0.830. The van der Waals surface area contributed by atoms with Crippen molar-refractivity contribution < 1.29 is 0 Å². The molecule has 1 aliphatic rings. The fourth-order valence-corrected chi connectivity index (χ4v) is 1.98. The van der Waals surface area contributed by atoms with Crippen molar-refractivity contribution in [2.24, 2.45) is 13.0 Å². The van der Waals surface area contributed by atoms with Crippen LogP contribution in [0.2, 0.25) is 0 Å². The predicted molar refractivity (Wildman–Crippen MR) is 61.7 cm³/mol. The van der Waals surface area contributed by atoms with Gasteiger partial charge in [0.15, 0.2) is 0 Å². The van der Waals surface area contributed by atoms with Crippen molar-refractivity contribution in [3.05, 3.63) is 18.0 Å². The Morgan fingerprint density at radius 1 is 1.60 bits per heavy atom. The van der Waals surface area contributed by atoms with Crippen LogP contribution in [0.25, 0.3) is 0 Å². The Morgan fingerprint density at radius 3 is 3.00 bits per heavy atom. The molecule has 84 valence electrons. The highest BCUT2D eigenvalue weighted by atomic mass is 15.2. The third-order valence-corrected chi connectivity index (χ3v) is 3.03. The van der Waals surface area contributed by atoms with E-state index >= 15 is 0 Å². The molecule has 2 rings (SSSR count). The van der Waals surface area contributed by atoms with Gasteiger partial charge in [0, 0.05) is 32.3 Å². The first-order valence-electron chi connectivity index (χ1n) is 5.96. The third-order valence-electron chi connectivity index (χ3n) is 3.03. The summed E-state index contributed by atoms with van der Waals surface area (Å²) in [7, 11) is 1.96.